The Bertz CT molecular complexity index is 902. The first-order chi connectivity index (χ1) is 13.3. The number of benzene rings is 2. The van der Waals surface area contributed by atoms with Gasteiger partial charge in [0.1, 0.15) is 11.6 Å². The van der Waals surface area contributed by atoms with Crippen LogP contribution in [-0.4, -0.2) is 54.4 Å². The Morgan fingerprint density at radius 3 is 2.25 bits per heavy atom. The number of amides is 2. The molecule has 1 fully saturated rings. The summed E-state index contributed by atoms with van der Waals surface area (Å²) < 4.78 is 19.3. The Balaban J connectivity index is 1.54. The third-order valence-corrected chi connectivity index (χ3v) is 5.11. The summed E-state index contributed by atoms with van der Waals surface area (Å²) in [5.74, 6) is -0.987. The summed E-state index contributed by atoms with van der Waals surface area (Å²) >= 11 is 17.7. The van der Waals surface area contributed by atoms with Gasteiger partial charge in [0, 0.05) is 42.3 Å². The summed E-state index contributed by atoms with van der Waals surface area (Å²) in [6.07, 6.45) is 0. The largest absolute Gasteiger partial charge is 0.482 e. The molecule has 0 radical (unpaired) electrons. The van der Waals surface area contributed by atoms with E-state index in [9.17, 15) is 14.0 Å². The van der Waals surface area contributed by atoms with Crippen LogP contribution in [0.5, 0.6) is 5.75 Å². The third-order valence-electron chi connectivity index (χ3n) is 4.32. The van der Waals surface area contributed by atoms with Gasteiger partial charge >= 0.3 is 0 Å². The Morgan fingerprint density at radius 1 is 0.929 bits per heavy atom. The second-order valence-corrected chi connectivity index (χ2v) is 7.44. The van der Waals surface area contributed by atoms with E-state index in [1.807, 2.05) is 0 Å². The number of hydrogen-bond donors (Lipinski definition) is 0. The van der Waals surface area contributed by atoms with Crippen LogP contribution in [0.2, 0.25) is 15.1 Å². The van der Waals surface area contributed by atoms with Crippen LogP contribution in [0.3, 0.4) is 0 Å². The molecule has 0 unspecified atom stereocenters. The first kappa shape index (κ1) is 20.7. The van der Waals surface area contributed by atoms with Crippen LogP contribution < -0.4 is 4.74 Å². The number of piperazine rings is 1. The zero-order chi connectivity index (χ0) is 20.3. The number of ether oxygens (including phenoxy) is 1. The average molecular weight is 446 g/mol. The lowest BCUT2D eigenvalue weighted by Gasteiger charge is -2.34. The molecule has 0 saturated carbocycles. The monoisotopic (exact) mass is 444 g/mol. The summed E-state index contributed by atoms with van der Waals surface area (Å²) in [5.41, 5.74) is -0.0776. The molecule has 28 heavy (non-hydrogen) atoms. The normalized spacial score (nSPS) is 14.1. The second kappa shape index (κ2) is 8.99. The summed E-state index contributed by atoms with van der Waals surface area (Å²) in [6.45, 7) is 1.01. The quantitative estimate of drug-likeness (QED) is 0.710. The first-order valence-corrected chi connectivity index (χ1v) is 9.58. The fraction of sp³-hybridized carbons (Fsp3) is 0.263. The number of hydrogen-bond acceptors (Lipinski definition) is 3. The third kappa shape index (κ3) is 4.87. The minimum absolute atomic E-state index is 0.0776. The van der Waals surface area contributed by atoms with Gasteiger partial charge in [-0.05, 0) is 30.3 Å². The Morgan fingerprint density at radius 2 is 1.54 bits per heavy atom. The van der Waals surface area contributed by atoms with Crippen LogP contribution in [0.15, 0.2) is 36.4 Å². The molecule has 1 saturated heterocycles. The molecule has 0 aromatic heterocycles. The van der Waals surface area contributed by atoms with E-state index in [1.165, 1.54) is 23.1 Å². The number of carbonyl (C=O) groups excluding carboxylic acids is 2. The molecule has 0 N–H and O–H groups in total. The van der Waals surface area contributed by atoms with Gasteiger partial charge in [-0.15, -0.1) is 0 Å². The Kier molecular flexibility index (Phi) is 6.65. The molecule has 0 spiro atoms. The van der Waals surface area contributed by atoms with E-state index in [1.54, 1.807) is 17.0 Å². The Hall–Kier alpha value is -2.02. The van der Waals surface area contributed by atoms with E-state index in [0.717, 1.165) is 6.07 Å². The van der Waals surface area contributed by atoms with Crippen LogP contribution >= 0.6 is 34.8 Å². The molecule has 1 aliphatic rings. The van der Waals surface area contributed by atoms with Crippen molar-refractivity contribution in [3.63, 3.8) is 0 Å². The maximum absolute atomic E-state index is 13.9. The highest BCUT2D eigenvalue weighted by molar-refractivity contribution is 6.34. The van der Waals surface area contributed by atoms with Gasteiger partial charge in [0.25, 0.3) is 11.8 Å². The number of carbonyl (C=O) groups is 2. The van der Waals surface area contributed by atoms with Crippen LogP contribution in [-0.2, 0) is 4.79 Å². The van der Waals surface area contributed by atoms with Crippen LogP contribution in [0.25, 0.3) is 0 Å². The molecular formula is C19H16Cl3FN2O3. The summed E-state index contributed by atoms with van der Waals surface area (Å²) in [5, 5.41) is 1.10. The molecule has 0 atom stereocenters. The lowest BCUT2D eigenvalue weighted by Crippen LogP contribution is -2.51. The predicted molar refractivity (Wildman–Crippen MR) is 106 cm³/mol. The SMILES string of the molecule is O=C(COc1cc(Cl)ccc1Cl)N1CCN(C(=O)c2cc(Cl)ccc2F)CC1. The number of rotatable bonds is 4. The van der Waals surface area contributed by atoms with Crippen LogP contribution in [0, 0.1) is 5.82 Å². The minimum atomic E-state index is -0.625. The average Bonchev–Trinajstić information content (AvgIpc) is 2.70. The molecule has 9 heteroatoms. The van der Waals surface area contributed by atoms with Gasteiger partial charge in [0.15, 0.2) is 6.61 Å². The van der Waals surface area contributed by atoms with Gasteiger partial charge in [-0.25, -0.2) is 4.39 Å². The van der Waals surface area contributed by atoms with E-state index in [2.05, 4.69) is 0 Å². The summed E-state index contributed by atoms with van der Waals surface area (Å²) in [6, 6.07) is 8.59. The topological polar surface area (TPSA) is 49.9 Å². The molecular weight excluding hydrogens is 430 g/mol. The van der Waals surface area contributed by atoms with Crippen molar-refractivity contribution < 1.29 is 18.7 Å². The van der Waals surface area contributed by atoms with E-state index >= 15 is 0 Å². The molecule has 1 heterocycles. The zero-order valence-corrected chi connectivity index (χ0v) is 16.9. The molecule has 0 bridgehead atoms. The van der Waals surface area contributed by atoms with E-state index in [-0.39, 0.29) is 36.2 Å². The standard InChI is InChI=1S/C19H16Cl3FN2O3/c20-12-2-4-16(23)14(9-12)19(27)25-7-5-24(6-8-25)18(26)11-28-17-10-13(21)1-3-15(17)22/h1-4,9-10H,5-8,11H2. The van der Waals surface area contributed by atoms with Crippen molar-refractivity contribution in [3.8, 4) is 5.75 Å². The zero-order valence-electron chi connectivity index (χ0n) is 14.6. The fourth-order valence-electron chi connectivity index (χ4n) is 2.81. The van der Waals surface area contributed by atoms with Crippen molar-refractivity contribution in [3.05, 3.63) is 62.8 Å². The predicted octanol–water partition coefficient (Wildman–Crippen LogP) is 4.15. The van der Waals surface area contributed by atoms with E-state index in [4.69, 9.17) is 39.5 Å². The Labute approximate surface area is 176 Å². The highest BCUT2D eigenvalue weighted by Crippen LogP contribution is 2.27. The lowest BCUT2D eigenvalue weighted by molar-refractivity contribution is -0.134. The van der Waals surface area contributed by atoms with Crippen molar-refractivity contribution in [1.29, 1.82) is 0 Å². The molecule has 5 nitrogen and oxygen atoms in total. The van der Waals surface area contributed by atoms with E-state index in [0.29, 0.717) is 28.9 Å². The highest BCUT2D eigenvalue weighted by atomic mass is 35.5. The van der Waals surface area contributed by atoms with Gasteiger partial charge in [-0.3, -0.25) is 9.59 Å². The molecule has 148 valence electrons. The number of halogens is 4. The van der Waals surface area contributed by atoms with Gasteiger partial charge in [-0.1, -0.05) is 34.8 Å². The molecule has 1 aliphatic heterocycles. The van der Waals surface area contributed by atoms with Crippen LogP contribution in [0.4, 0.5) is 4.39 Å². The molecule has 2 amide bonds. The van der Waals surface area contributed by atoms with Crippen molar-refractivity contribution in [1.82, 2.24) is 9.80 Å². The smallest absolute Gasteiger partial charge is 0.260 e. The highest BCUT2D eigenvalue weighted by Gasteiger charge is 2.26. The van der Waals surface area contributed by atoms with Gasteiger partial charge in [0.05, 0.1) is 10.6 Å². The second-order valence-electron chi connectivity index (χ2n) is 6.16. The first-order valence-electron chi connectivity index (χ1n) is 8.45. The van der Waals surface area contributed by atoms with E-state index < -0.39 is 11.7 Å². The van der Waals surface area contributed by atoms with Gasteiger partial charge in [-0.2, -0.15) is 0 Å². The van der Waals surface area contributed by atoms with Crippen molar-refractivity contribution >= 4 is 46.6 Å². The molecule has 0 aliphatic carbocycles. The van der Waals surface area contributed by atoms with Crippen LogP contribution in [0.1, 0.15) is 10.4 Å². The van der Waals surface area contributed by atoms with Gasteiger partial charge < -0.3 is 14.5 Å². The minimum Gasteiger partial charge on any atom is -0.482 e. The summed E-state index contributed by atoms with van der Waals surface area (Å²) in [7, 11) is 0. The molecule has 2 aromatic rings. The van der Waals surface area contributed by atoms with Crippen molar-refractivity contribution in [2.24, 2.45) is 0 Å². The lowest BCUT2D eigenvalue weighted by atomic mass is 10.1. The summed E-state index contributed by atoms with van der Waals surface area (Å²) in [4.78, 5) is 27.9. The fourth-order valence-corrected chi connectivity index (χ4v) is 3.32. The van der Waals surface area contributed by atoms with Gasteiger partial charge in [0.2, 0.25) is 0 Å². The molecule has 3 rings (SSSR count). The maximum atomic E-state index is 13.9. The maximum Gasteiger partial charge on any atom is 0.260 e. The van der Waals surface area contributed by atoms with Crippen molar-refractivity contribution in [2.75, 3.05) is 32.8 Å². The van der Waals surface area contributed by atoms with Crippen molar-refractivity contribution in [2.45, 2.75) is 0 Å². The molecule has 2 aromatic carbocycles. The number of nitrogens with zero attached hydrogens (tertiary/aromatic N) is 2.